The van der Waals surface area contributed by atoms with E-state index < -0.39 is 0 Å². The summed E-state index contributed by atoms with van der Waals surface area (Å²) in [6.45, 7) is 9.53. The highest BCUT2D eigenvalue weighted by molar-refractivity contribution is 5.21. The summed E-state index contributed by atoms with van der Waals surface area (Å²) in [5.74, 6) is 1.57. The van der Waals surface area contributed by atoms with Crippen molar-refractivity contribution in [3.8, 4) is 0 Å². The van der Waals surface area contributed by atoms with E-state index >= 15 is 0 Å². The van der Waals surface area contributed by atoms with Gasteiger partial charge in [0.25, 0.3) is 5.56 Å². The minimum Gasteiger partial charge on any atom is -0.310 e. The first-order valence-corrected chi connectivity index (χ1v) is 7.43. The number of nitrogens with one attached hydrogen (secondary N) is 1. The molecule has 0 aromatic carbocycles. The van der Waals surface area contributed by atoms with E-state index in [0.717, 1.165) is 61.9 Å². The Kier molecular flexibility index (Phi) is 4.75. The number of fused-ring (bicyclic) bond motifs is 1. The van der Waals surface area contributed by atoms with E-state index in [1.165, 1.54) is 6.42 Å². The third-order valence-electron chi connectivity index (χ3n) is 3.71. The van der Waals surface area contributed by atoms with Gasteiger partial charge in [-0.05, 0) is 31.7 Å². The Balaban J connectivity index is 2.12. The van der Waals surface area contributed by atoms with E-state index in [0.29, 0.717) is 0 Å². The summed E-state index contributed by atoms with van der Waals surface area (Å²) in [6.07, 6.45) is 3.91. The van der Waals surface area contributed by atoms with Gasteiger partial charge in [0.1, 0.15) is 5.82 Å². The van der Waals surface area contributed by atoms with E-state index in [4.69, 9.17) is 0 Å². The maximum absolute atomic E-state index is 12.0. The third-order valence-corrected chi connectivity index (χ3v) is 3.71. The maximum Gasteiger partial charge on any atom is 0.254 e. The molecule has 0 atom stereocenters. The molecule has 0 fully saturated rings. The van der Waals surface area contributed by atoms with E-state index in [9.17, 15) is 4.79 Å². The summed E-state index contributed by atoms with van der Waals surface area (Å²) in [7, 11) is 0. The molecule has 0 bridgehead atoms. The number of hydrogen-bond donors (Lipinski definition) is 1. The summed E-state index contributed by atoms with van der Waals surface area (Å²) >= 11 is 0. The van der Waals surface area contributed by atoms with Crippen molar-refractivity contribution in [3.05, 3.63) is 27.4 Å². The summed E-state index contributed by atoms with van der Waals surface area (Å²) in [4.78, 5) is 22.0. The van der Waals surface area contributed by atoms with E-state index in [1.54, 1.807) is 0 Å². The molecule has 4 nitrogen and oxygen atoms in total. The number of nitrogens with zero attached hydrogens (tertiary/aromatic N) is 2. The molecule has 0 spiro atoms. The molecule has 1 N–H and O–H groups in total. The zero-order chi connectivity index (χ0) is 13.8. The number of rotatable bonds is 5. The molecular formula is C15H25N3O. The number of aromatic nitrogens is 2. The standard InChI is InChI=1S/C15H25N3O/c1-4-5-14-16-13-10-18(8-6-11(2)3)9-7-12(13)15(19)17-14/h11H,4-10H2,1-3H3,(H,16,17,19). The van der Waals surface area contributed by atoms with Crippen LogP contribution in [0.15, 0.2) is 4.79 Å². The van der Waals surface area contributed by atoms with Crippen molar-refractivity contribution in [2.24, 2.45) is 5.92 Å². The van der Waals surface area contributed by atoms with Gasteiger partial charge >= 0.3 is 0 Å². The van der Waals surface area contributed by atoms with Crippen LogP contribution in [-0.2, 0) is 19.4 Å². The monoisotopic (exact) mass is 263 g/mol. The zero-order valence-electron chi connectivity index (χ0n) is 12.3. The second-order valence-corrected chi connectivity index (χ2v) is 5.90. The van der Waals surface area contributed by atoms with Gasteiger partial charge in [0, 0.05) is 25.1 Å². The van der Waals surface area contributed by atoms with Crippen LogP contribution in [0.5, 0.6) is 0 Å². The maximum atomic E-state index is 12.0. The van der Waals surface area contributed by atoms with E-state index in [1.807, 2.05) is 0 Å². The lowest BCUT2D eigenvalue weighted by atomic mass is 10.0. The molecule has 2 rings (SSSR count). The molecule has 0 radical (unpaired) electrons. The number of H-pyrrole nitrogens is 1. The highest BCUT2D eigenvalue weighted by atomic mass is 16.1. The fourth-order valence-corrected chi connectivity index (χ4v) is 2.53. The zero-order valence-corrected chi connectivity index (χ0v) is 12.3. The molecule has 0 unspecified atom stereocenters. The van der Waals surface area contributed by atoms with Gasteiger partial charge in [0.2, 0.25) is 0 Å². The van der Waals surface area contributed by atoms with Crippen LogP contribution in [0.2, 0.25) is 0 Å². The van der Waals surface area contributed by atoms with E-state index in [2.05, 4.69) is 35.6 Å². The molecule has 1 aliphatic rings. The minimum absolute atomic E-state index is 0.0805. The number of aromatic amines is 1. The summed E-state index contributed by atoms with van der Waals surface area (Å²) in [5.41, 5.74) is 1.99. The molecule has 19 heavy (non-hydrogen) atoms. The average Bonchev–Trinajstić information content (AvgIpc) is 2.36. The van der Waals surface area contributed by atoms with Gasteiger partial charge in [-0.1, -0.05) is 20.8 Å². The van der Waals surface area contributed by atoms with Crippen LogP contribution >= 0.6 is 0 Å². The van der Waals surface area contributed by atoms with Crippen molar-refractivity contribution in [2.75, 3.05) is 13.1 Å². The molecule has 2 heterocycles. The van der Waals surface area contributed by atoms with Crippen molar-refractivity contribution in [3.63, 3.8) is 0 Å². The Morgan fingerprint density at radius 1 is 1.42 bits per heavy atom. The highest BCUT2D eigenvalue weighted by Gasteiger charge is 2.20. The predicted octanol–water partition coefficient (Wildman–Crippen LogP) is 2.13. The molecule has 0 amide bonds. The summed E-state index contributed by atoms with van der Waals surface area (Å²) in [6, 6.07) is 0. The first kappa shape index (κ1) is 14.3. The predicted molar refractivity (Wildman–Crippen MR) is 77.3 cm³/mol. The fraction of sp³-hybridized carbons (Fsp3) is 0.733. The summed E-state index contributed by atoms with van der Waals surface area (Å²) in [5, 5.41) is 0. The number of hydrogen-bond acceptors (Lipinski definition) is 3. The average molecular weight is 263 g/mol. The van der Waals surface area contributed by atoms with Crippen LogP contribution in [0, 0.1) is 5.92 Å². The molecule has 1 aromatic rings. The van der Waals surface area contributed by atoms with Gasteiger partial charge in [-0.3, -0.25) is 9.69 Å². The second-order valence-electron chi connectivity index (χ2n) is 5.90. The molecule has 4 heteroatoms. The van der Waals surface area contributed by atoms with Crippen molar-refractivity contribution in [2.45, 2.75) is 53.0 Å². The lowest BCUT2D eigenvalue weighted by Gasteiger charge is -2.28. The molecule has 106 valence electrons. The molecular weight excluding hydrogens is 238 g/mol. The van der Waals surface area contributed by atoms with Crippen LogP contribution in [0.4, 0.5) is 0 Å². The van der Waals surface area contributed by atoms with Gasteiger partial charge in [-0.25, -0.2) is 4.98 Å². The largest absolute Gasteiger partial charge is 0.310 e. The normalized spacial score (nSPS) is 15.8. The second kappa shape index (κ2) is 6.33. The fourth-order valence-electron chi connectivity index (χ4n) is 2.53. The smallest absolute Gasteiger partial charge is 0.254 e. The Bertz CT molecular complexity index is 479. The van der Waals surface area contributed by atoms with E-state index in [-0.39, 0.29) is 5.56 Å². The first-order chi connectivity index (χ1) is 9.10. The van der Waals surface area contributed by atoms with Crippen LogP contribution in [0.3, 0.4) is 0 Å². The van der Waals surface area contributed by atoms with Gasteiger partial charge in [-0.2, -0.15) is 0 Å². The third kappa shape index (κ3) is 3.66. The van der Waals surface area contributed by atoms with Gasteiger partial charge < -0.3 is 4.98 Å². The Morgan fingerprint density at radius 2 is 2.21 bits per heavy atom. The minimum atomic E-state index is 0.0805. The Hall–Kier alpha value is -1.16. The Morgan fingerprint density at radius 3 is 2.89 bits per heavy atom. The Labute approximate surface area is 115 Å². The van der Waals surface area contributed by atoms with Gasteiger partial charge in [0.15, 0.2) is 0 Å². The van der Waals surface area contributed by atoms with Crippen LogP contribution in [0.1, 0.15) is 50.7 Å². The highest BCUT2D eigenvalue weighted by Crippen LogP contribution is 2.15. The van der Waals surface area contributed by atoms with Gasteiger partial charge in [0.05, 0.1) is 5.69 Å². The quantitative estimate of drug-likeness (QED) is 0.885. The molecule has 0 aliphatic carbocycles. The van der Waals surface area contributed by atoms with Crippen LogP contribution in [0.25, 0.3) is 0 Å². The molecule has 0 saturated carbocycles. The SMILES string of the molecule is CCCc1nc2c(c(=O)[nH]1)CCN(CCC(C)C)C2. The van der Waals surface area contributed by atoms with Crippen molar-refractivity contribution >= 4 is 0 Å². The molecule has 1 aromatic heterocycles. The summed E-state index contributed by atoms with van der Waals surface area (Å²) < 4.78 is 0. The molecule has 1 aliphatic heterocycles. The van der Waals surface area contributed by atoms with Crippen LogP contribution < -0.4 is 5.56 Å². The van der Waals surface area contributed by atoms with Crippen LogP contribution in [-0.4, -0.2) is 28.0 Å². The topological polar surface area (TPSA) is 49.0 Å². The lowest BCUT2D eigenvalue weighted by molar-refractivity contribution is 0.234. The van der Waals surface area contributed by atoms with Crippen molar-refractivity contribution in [1.82, 2.24) is 14.9 Å². The molecule has 0 saturated heterocycles. The van der Waals surface area contributed by atoms with Crippen molar-refractivity contribution < 1.29 is 0 Å². The number of aryl methyl sites for hydroxylation is 1. The van der Waals surface area contributed by atoms with Gasteiger partial charge in [-0.15, -0.1) is 0 Å². The first-order valence-electron chi connectivity index (χ1n) is 7.43. The van der Waals surface area contributed by atoms with Crippen molar-refractivity contribution in [1.29, 1.82) is 0 Å². The lowest BCUT2D eigenvalue weighted by Crippen LogP contribution is -2.36.